The number of allylic oxidation sites excluding steroid dienone is 4. The van der Waals surface area contributed by atoms with Gasteiger partial charge in [-0.25, -0.2) is 0 Å². The highest BCUT2D eigenvalue weighted by Gasteiger charge is 2.20. The summed E-state index contributed by atoms with van der Waals surface area (Å²) in [5, 5.41) is 0. The number of thiol groups is 1. The maximum absolute atomic E-state index is 4.27. The van der Waals surface area contributed by atoms with Crippen molar-refractivity contribution in [2.75, 3.05) is 12.8 Å². The fraction of sp³-hybridized carbons (Fsp3) is 0.462. The van der Waals surface area contributed by atoms with Gasteiger partial charge in [-0.1, -0.05) is 33.1 Å². The molecule has 0 bridgehead atoms. The molecule has 0 heterocycles. The summed E-state index contributed by atoms with van der Waals surface area (Å²) in [6, 6.07) is 0. The van der Waals surface area contributed by atoms with Gasteiger partial charge in [-0.2, -0.15) is 12.6 Å². The van der Waals surface area contributed by atoms with Crippen molar-refractivity contribution in [1.29, 1.82) is 0 Å². The van der Waals surface area contributed by atoms with Crippen molar-refractivity contribution in [3.05, 3.63) is 37.0 Å². The van der Waals surface area contributed by atoms with E-state index >= 15 is 0 Å². The molecule has 0 saturated heterocycles. The Morgan fingerprint density at radius 2 is 1.93 bits per heavy atom. The summed E-state index contributed by atoms with van der Waals surface area (Å²) in [5.41, 5.74) is 2.15. The van der Waals surface area contributed by atoms with Crippen molar-refractivity contribution in [1.82, 2.24) is 0 Å². The number of hydrogen-bond donors (Lipinski definition) is 1. The van der Waals surface area contributed by atoms with Crippen molar-refractivity contribution in [2.24, 2.45) is 10.4 Å². The highest BCUT2D eigenvalue weighted by atomic mass is 32.1. The van der Waals surface area contributed by atoms with Gasteiger partial charge in [0.15, 0.2) is 0 Å². The van der Waals surface area contributed by atoms with Crippen LogP contribution in [-0.2, 0) is 0 Å². The average Bonchev–Trinajstić information content (AvgIpc) is 2.19. The van der Waals surface area contributed by atoms with Gasteiger partial charge in [-0.15, -0.1) is 0 Å². The van der Waals surface area contributed by atoms with Gasteiger partial charge < -0.3 is 0 Å². The molecule has 0 unspecified atom stereocenters. The van der Waals surface area contributed by atoms with E-state index in [0.717, 1.165) is 17.9 Å². The summed E-state index contributed by atoms with van der Waals surface area (Å²) in [4.78, 5) is 4.12. The third kappa shape index (κ3) is 4.52. The van der Waals surface area contributed by atoms with E-state index in [1.807, 2.05) is 12.2 Å². The van der Waals surface area contributed by atoms with E-state index < -0.39 is 0 Å². The van der Waals surface area contributed by atoms with Crippen molar-refractivity contribution in [3.8, 4) is 0 Å². The van der Waals surface area contributed by atoms with Crippen molar-refractivity contribution >= 4 is 18.3 Å². The van der Waals surface area contributed by atoms with Gasteiger partial charge in [0, 0.05) is 7.05 Å². The lowest BCUT2D eigenvalue weighted by Crippen LogP contribution is -2.15. The minimum atomic E-state index is 0.0858. The Labute approximate surface area is 99.1 Å². The Morgan fingerprint density at radius 3 is 2.27 bits per heavy atom. The first kappa shape index (κ1) is 14.2. The molecule has 2 heteroatoms. The minimum absolute atomic E-state index is 0.0858. The van der Waals surface area contributed by atoms with Gasteiger partial charge in [0.2, 0.25) is 0 Å². The lowest BCUT2D eigenvalue weighted by Gasteiger charge is -2.25. The molecule has 0 aromatic rings. The molecule has 0 radical (unpaired) electrons. The molecule has 0 fully saturated rings. The zero-order valence-corrected chi connectivity index (χ0v) is 10.8. The van der Waals surface area contributed by atoms with Crippen LogP contribution in [0.3, 0.4) is 0 Å². The molecule has 0 aromatic heterocycles. The SMILES string of the molecule is C=CC(/C=C(\C=C)C(C)(C)CCS)=NC. The van der Waals surface area contributed by atoms with Crippen LogP contribution in [-0.4, -0.2) is 18.5 Å². The molecular weight excluding hydrogens is 202 g/mol. The summed E-state index contributed by atoms with van der Waals surface area (Å²) in [7, 11) is 1.76. The molecule has 0 spiro atoms. The first-order chi connectivity index (χ1) is 7.01. The van der Waals surface area contributed by atoms with E-state index in [1.165, 1.54) is 5.57 Å². The standard InChI is InChI=1S/C13H21NS/c1-6-11(10-12(7-2)14-5)13(3,4)8-9-15/h6-7,10,15H,1-2,8-9H2,3-5H3/b11-10+,14-12?. The van der Waals surface area contributed by atoms with Crippen LogP contribution in [0.1, 0.15) is 20.3 Å². The number of rotatable bonds is 6. The van der Waals surface area contributed by atoms with E-state index in [1.54, 1.807) is 13.1 Å². The molecule has 0 aromatic carbocycles. The maximum Gasteiger partial charge on any atom is 0.0567 e. The maximum atomic E-state index is 4.27. The van der Waals surface area contributed by atoms with Gasteiger partial charge in [0.1, 0.15) is 0 Å². The van der Waals surface area contributed by atoms with Crippen LogP contribution in [0.5, 0.6) is 0 Å². The van der Waals surface area contributed by atoms with E-state index in [4.69, 9.17) is 0 Å². The Kier molecular flexibility index (Phi) is 6.34. The normalized spacial score (nSPS) is 13.9. The van der Waals surface area contributed by atoms with Crippen LogP contribution in [0.15, 0.2) is 42.0 Å². The molecule has 0 atom stereocenters. The zero-order valence-electron chi connectivity index (χ0n) is 9.95. The van der Waals surface area contributed by atoms with E-state index in [9.17, 15) is 0 Å². The van der Waals surface area contributed by atoms with Gasteiger partial charge in [0.05, 0.1) is 5.71 Å². The Bertz CT molecular complexity index is 285. The third-order valence-corrected chi connectivity index (χ3v) is 2.73. The highest BCUT2D eigenvalue weighted by molar-refractivity contribution is 7.80. The minimum Gasteiger partial charge on any atom is -0.289 e. The van der Waals surface area contributed by atoms with Gasteiger partial charge in [-0.05, 0) is 35.3 Å². The quantitative estimate of drug-likeness (QED) is 0.400. The topological polar surface area (TPSA) is 12.4 Å². The predicted molar refractivity (Wildman–Crippen MR) is 74.1 cm³/mol. The van der Waals surface area contributed by atoms with Gasteiger partial charge in [0.25, 0.3) is 0 Å². The first-order valence-corrected chi connectivity index (χ1v) is 5.69. The molecule has 15 heavy (non-hydrogen) atoms. The molecule has 0 N–H and O–H groups in total. The van der Waals surface area contributed by atoms with Crippen LogP contribution in [0.4, 0.5) is 0 Å². The molecule has 0 aliphatic rings. The second kappa shape index (κ2) is 6.67. The average molecular weight is 223 g/mol. The second-order valence-electron chi connectivity index (χ2n) is 4.01. The molecule has 0 aliphatic carbocycles. The van der Waals surface area contributed by atoms with Gasteiger partial charge >= 0.3 is 0 Å². The van der Waals surface area contributed by atoms with Crippen LogP contribution >= 0.6 is 12.6 Å². The summed E-state index contributed by atoms with van der Waals surface area (Å²) in [6.45, 7) is 11.9. The first-order valence-electron chi connectivity index (χ1n) is 5.06. The summed E-state index contributed by atoms with van der Waals surface area (Å²) >= 11 is 4.27. The van der Waals surface area contributed by atoms with E-state index in [0.29, 0.717) is 0 Å². The molecule has 0 amide bonds. The van der Waals surface area contributed by atoms with Crippen molar-refractivity contribution < 1.29 is 0 Å². The number of hydrogen-bond acceptors (Lipinski definition) is 2. The fourth-order valence-corrected chi connectivity index (χ4v) is 1.89. The van der Waals surface area contributed by atoms with Crippen LogP contribution in [0.2, 0.25) is 0 Å². The Balaban J connectivity index is 5.05. The molecule has 0 aliphatic heterocycles. The third-order valence-electron chi connectivity index (χ3n) is 2.51. The highest BCUT2D eigenvalue weighted by Crippen LogP contribution is 2.31. The Morgan fingerprint density at radius 1 is 1.33 bits per heavy atom. The zero-order chi connectivity index (χ0) is 11.9. The van der Waals surface area contributed by atoms with E-state index in [2.05, 4.69) is 44.6 Å². The lowest BCUT2D eigenvalue weighted by atomic mass is 9.81. The van der Waals surface area contributed by atoms with Crippen LogP contribution in [0.25, 0.3) is 0 Å². The molecule has 84 valence electrons. The molecule has 0 rings (SSSR count). The number of nitrogens with zero attached hydrogens (tertiary/aromatic N) is 1. The smallest absolute Gasteiger partial charge is 0.0567 e. The molecule has 0 saturated carbocycles. The molecule has 1 nitrogen and oxygen atoms in total. The fourth-order valence-electron chi connectivity index (χ4n) is 1.33. The number of aliphatic imine (C=N–C) groups is 1. The van der Waals surface area contributed by atoms with Gasteiger partial charge in [-0.3, -0.25) is 4.99 Å². The second-order valence-corrected chi connectivity index (χ2v) is 4.46. The molecular formula is C13H21NS. The monoisotopic (exact) mass is 223 g/mol. The van der Waals surface area contributed by atoms with Crippen LogP contribution < -0.4 is 0 Å². The van der Waals surface area contributed by atoms with Crippen molar-refractivity contribution in [3.63, 3.8) is 0 Å². The van der Waals surface area contributed by atoms with E-state index in [-0.39, 0.29) is 5.41 Å². The Hall–Kier alpha value is -0.760. The lowest BCUT2D eigenvalue weighted by molar-refractivity contribution is 0.445. The summed E-state index contributed by atoms with van der Waals surface area (Å²) in [6.07, 6.45) is 6.68. The summed E-state index contributed by atoms with van der Waals surface area (Å²) < 4.78 is 0. The predicted octanol–water partition coefficient (Wildman–Crippen LogP) is 3.70. The van der Waals surface area contributed by atoms with Crippen molar-refractivity contribution in [2.45, 2.75) is 20.3 Å². The largest absolute Gasteiger partial charge is 0.289 e. The summed E-state index contributed by atoms with van der Waals surface area (Å²) in [5.74, 6) is 0.866. The van der Waals surface area contributed by atoms with Crippen LogP contribution in [0, 0.1) is 5.41 Å².